The van der Waals surface area contributed by atoms with Crippen LogP contribution in [0, 0.1) is 5.95 Å². The highest BCUT2D eigenvalue weighted by Crippen LogP contribution is 2.28. The number of nitrogens with two attached hydrogens (primary N) is 1. The van der Waals surface area contributed by atoms with Crippen LogP contribution in [0.4, 0.5) is 27.4 Å². The van der Waals surface area contributed by atoms with Crippen molar-refractivity contribution in [2.24, 2.45) is 5.73 Å². The summed E-state index contributed by atoms with van der Waals surface area (Å²) >= 11 is 0. The van der Waals surface area contributed by atoms with Crippen LogP contribution in [0.2, 0.25) is 0 Å². The van der Waals surface area contributed by atoms with Gasteiger partial charge in [0.25, 0.3) is 11.8 Å². The van der Waals surface area contributed by atoms with E-state index < -0.39 is 11.9 Å². The first-order valence-electron chi connectivity index (χ1n) is 9.01. The summed E-state index contributed by atoms with van der Waals surface area (Å²) in [6.45, 7) is 0. The average molecular weight is 408 g/mol. The summed E-state index contributed by atoms with van der Waals surface area (Å²) in [6, 6.07) is 12.9. The van der Waals surface area contributed by atoms with Gasteiger partial charge in [-0.05, 0) is 36.4 Å². The Kier molecular flexibility index (Phi) is 5.91. The van der Waals surface area contributed by atoms with Gasteiger partial charge in [0.05, 0.1) is 11.3 Å². The number of anilines is 4. The molecule has 2 amide bonds. The Morgan fingerprint density at radius 2 is 1.77 bits per heavy atom. The monoisotopic (exact) mass is 408 g/mol. The smallest absolute Gasteiger partial charge is 0.253 e. The summed E-state index contributed by atoms with van der Waals surface area (Å²) in [4.78, 5) is 35.0. The summed E-state index contributed by atoms with van der Waals surface area (Å²) in [5.74, 6) is -0.665. The fourth-order valence-electron chi connectivity index (χ4n) is 2.79. The molecule has 0 aliphatic heterocycles. The molecular weight excluding hydrogens is 387 g/mol. The van der Waals surface area contributed by atoms with Crippen molar-refractivity contribution in [3.63, 3.8) is 0 Å². The molecule has 0 saturated carbocycles. The van der Waals surface area contributed by atoms with E-state index in [1.54, 1.807) is 62.4 Å². The molecule has 0 fully saturated rings. The number of rotatable bonds is 6. The third kappa shape index (κ3) is 4.52. The van der Waals surface area contributed by atoms with E-state index in [2.05, 4.69) is 15.3 Å². The molecule has 9 heteroatoms. The van der Waals surface area contributed by atoms with Gasteiger partial charge in [-0.3, -0.25) is 9.59 Å². The topological polar surface area (TPSA) is 104 Å². The number of benzene rings is 1. The molecule has 0 unspecified atom stereocenters. The molecule has 2 heterocycles. The number of aromatic nitrogens is 2. The minimum atomic E-state index is -0.668. The Hall–Kier alpha value is -4.01. The second-order valence-corrected chi connectivity index (χ2v) is 6.73. The molecule has 0 radical (unpaired) electrons. The first-order chi connectivity index (χ1) is 14.3. The molecule has 3 rings (SSSR count). The predicted octanol–water partition coefficient (Wildman–Crippen LogP) is 2.93. The summed E-state index contributed by atoms with van der Waals surface area (Å²) in [7, 11) is 5.02. The summed E-state index contributed by atoms with van der Waals surface area (Å²) in [5.41, 5.74) is 7.31. The maximum Gasteiger partial charge on any atom is 0.253 e. The van der Waals surface area contributed by atoms with Crippen molar-refractivity contribution in [3.05, 3.63) is 71.8 Å². The minimum Gasteiger partial charge on any atom is -0.365 e. The van der Waals surface area contributed by atoms with E-state index in [1.165, 1.54) is 23.2 Å². The zero-order chi connectivity index (χ0) is 21.8. The van der Waals surface area contributed by atoms with E-state index in [1.807, 2.05) is 0 Å². The number of hydrogen-bond donors (Lipinski definition) is 2. The van der Waals surface area contributed by atoms with E-state index >= 15 is 0 Å². The SMILES string of the molecule is CN(C)C(=O)c1ccc(Nc2cc(N(C)c3cccc(F)n3)c(C(N)=O)cn2)cc1. The maximum atomic E-state index is 13.5. The van der Waals surface area contributed by atoms with Crippen molar-refractivity contribution in [2.75, 3.05) is 31.4 Å². The Balaban J connectivity index is 1.91. The molecule has 0 aliphatic rings. The van der Waals surface area contributed by atoms with E-state index in [4.69, 9.17) is 5.73 Å². The van der Waals surface area contributed by atoms with Crippen LogP contribution in [0.15, 0.2) is 54.7 Å². The lowest BCUT2D eigenvalue weighted by Crippen LogP contribution is -2.21. The summed E-state index contributed by atoms with van der Waals surface area (Å²) < 4.78 is 13.5. The van der Waals surface area contributed by atoms with Gasteiger partial charge in [-0.2, -0.15) is 4.39 Å². The van der Waals surface area contributed by atoms with Crippen LogP contribution >= 0.6 is 0 Å². The van der Waals surface area contributed by atoms with Gasteiger partial charge in [0.1, 0.15) is 11.6 Å². The number of nitrogens with zero attached hydrogens (tertiary/aromatic N) is 4. The van der Waals surface area contributed by atoms with Crippen LogP contribution in [0.3, 0.4) is 0 Å². The van der Waals surface area contributed by atoms with Crippen molar-refractivity contribution in [2.45, 2.75) is 0 Å². The third-order valence-corrected chi connectivity index (χ3v) is 4.36. The number of hydrogen-bond acceptors (Lipinski definition) is 6. The predicted molar refractivity (Wildman–Crippen MR) is 113 cm³/mol. The first-order valence-corrected chi connectivity index (χ1v) is 9.01. The van der Waals surface area contributed by atoms with Gasteiger partial charge in [0.2, 0.25) is 5.95 Å². The van der Waals surface area contributed by atoms with Crippen LogP contribution in [0.1, 0.15) is 20.7 Å². The highest BCUT2D eigenvalue weighted by Gasteiger charge is 2.17. The molecule has 0 atom stereocenters. The number of nitrogens with one attached hydrogen (secondary N) is 1. The molecule has 1 aromatic carbocycles. The van der Waals surface area contributed by atoms with Crippen LogP contribution in [-0.4, -0.2) is 47.8 Å². The third-order valence-electron chi connectivity index (χ3n) is 4.36. The zero-order valence-electron chi connectivity index (χ0n) is 16.8. The van der Waals surface area contributed by atoms with Crippen LogP contribution in [-0.2, 0) is 0 Å². The van der Waals surface area contributed by atoms with Crippen molar-refractivity contribution >= 4 is 34.8 Å². The number of halogens is 1. The second kappa shape index (κ2) is 8.56. The fraction of sp³-hybridized carbons (Fsp3) is 0.143. The van der Waals surface area contributed by atoms with Gasteiger partial charge in [-0.25, -0.2) is 9.97 Å². The molecule has 8 nitrogen and oxygen atoms in total. The van der Waals surface area contributed by atoms with Crippen molar-refractivity contribution in [1.82, 2.24) is 14.9 Å². The number of primary amides is 1. The van der Waals surface area contributed by atoms with E-state index in [0.29, 0.717) is 28.6 Å². The van der Waals surface area contributed by atoms with Crippen LogP contribution < -0.4 is 16.0 Å². The summed E-state index contributed by atoms with van der Waals surface area (Å²) in [5, 5.41) is 3.11. The molecular formula is C21H21FN6O2. The lowest BCUT2D eigenvalue weighted by atomic mass is 10.1. The second-order valence-electron chi connectivity index (χ2n) is 6.73. The Labute approximate surface area is 173 Å². The summed E-state index contributed by atoms with van der Waals surface area (Å²) in [6.07, 6.45) is 1.35. The fourth-order valence-corrected chi connectivity index (χ4v) is 2.79. The zero-order valence-corrected chi connectivity index (χ0v) is 16.8. The van der Waals surface area contributed by atoms with Crippen molar-refractivity contribution < 1.29 is 14.0 Å². The van der Waals surface area contributed by atoms with E-state index in [0.717, 1.165) is 0 Å². The van der Waals surface area contributed by atoms with Gasteiger partial charge >= 0.3 is 0 Å². The van der Waals surface area contributed by atoms with Gasteiger partial charge in [0, 0.05) is 44.7 Å². The highest BCUT2D eigenvalue weighted by molar-refractivity contribution is 5.99. The normalized spacial score (nSPS) is 10.4. The van der Waals surface area contributed by atoms with E-state index in [9.17, 15) is 14.0 Å². The lowest BCUT2D eigenvalue weighted by Gasteiger charge is -2.21. The Morgan fingerprint density at radius 1 is 1.07 bits per heavy atom. The first kappa shape index (κ1) is 20.7. The molecule has 30 heavy (non-hydrogen) atoms. The molecule has 3 aromatic rings. The van der Waals surface area contributed by atoms with Crippen molar-refractivity contribution in [3.8, 4) is 0 Å². The number of pyridine rings is 2. The lowest BCUT2D eigenvalue weighted by molar-refractivity contribution is 0.0827. The number of carbonyl (C=O) groups excluding carboxylic acids is 2. The number of carbonyl (C=O) groups is 2. The molecule has 154 valence electrons. The molecule has 2 aromatic heterocycles. The average Bonchev–Trinajstić information content (AvgIpc) is 2.73. The standard InChI is InChI=1S/C21H21FN6O2/c1-27(2)21(30)13-7-9-14(10-8-13)25-18-11-16(15(12-24-18)20(23)29)28(3)19-6-4-5-17(22)26-19/h4-12H,1-3H3,(H2,23,29)(H,24,25). The molecule has 3 N–H and O–H groups in total. The molecule has 0 bridgehead atoms. The van der Waals surface area contributed by atoms with Gasteiger partial charge in [-0.15, -0.1) is 0 Å². The molecule has 0 spiro atoms. The van der Waals surface area contributed by atoms with Gasteiger partial charge in [-0.1, -0.05) is 6.07 Å². The van der Waals surface area contributed by atoms with E-state index in [-0.39, 0.29) is 11.5 Å². The van der Waals surface area contributed by atoms with Crippen LogP contribution in [0.25, 0.3) is 0 Å². The Morgan fingerprint density at radius 3 is 2.37 bits per heavy atom. The Bertz CT molecular complexity index is 1090. The molecule has 0 saturated heterocycles. The van der Waals surface area contributed by atoms with Gasteiger partial charge < -0.3 is 20.9 Å². The van der Waals surface area contributed by atoms with Crippen LogP contribution in [0.5, 0.6) is 0 Å². The maximum absolute atomic E-state index is 13.5. The largest absolute Gasteiger partial charge is 0.365 e. The molecule has 0 aliphatic carbocycles. The van der Waals surface area contributed by atoms with Gasteiger partial charge in [0.15, 0.2) is 0 Å². The number of amides is 2. The van der Waals surface area contributed by atoms with Crippen molar-refractivity contribution in [1.29, 1.82) is 0 Å². The highest BCUT2D eigenvalue weighted by atomic mass is 19.1. The quantitative estimate of drug-likeness (QED) is 0.608. The minimum absolute atomic E-state index is 0.100.